The molecule has 0 bridgehead atoms. The largest absolute Gasteiger partial charge is 0.490 e. The van der Waals surface area contributed by atoms with Crippen molar-refractivity contribution in [1.82, 2.24) is 9.80 Å². The maximum absolute atomic E-state index is 13.0. The highest BCUT2D eigenvalue weighted by Crippen LogP contribution is 2.22. The number of halogens is 1. The van der Waals surface area contributed by atoms with E-state index in [4.69, 9.17) is 9.15 Å². The van der Waals surface area contributed by atoms with Gasteiger partial charge in [-0.15, -0.1) is 0 Å². The molecule has 6 heteroatoms. The number of carbonyl (C=O) groups excluding carboxylic acids is 1. The minimum absolute atomic E-state index is 0.0434. The maximum atomic E-state index is 13.0. The number of hydrogen-bond acceptors (Lipinski definition) is 4. The normalized spacial score (nSPS) is 18.8. The van der Waals surface area contributed by atoms with Gasteiger partial charge in [0, 0.05) is 25.9 Å². The molecule has 0 spiro atoms. The van der Waals surface area contributed by atoms with Crippen molar-refractivity contribution >= 4 is 5.91 Å². The van der Waals surface area contributed by atoms with E-state index in [1.807, 2.05) is 11.0 Å². The summed E-state index contributed by atoms with van der Waals surface area (Å²) in [7, 11) is 0. The Balaban J connectivity index is 1.28. The second-order valence-electron chi connectivity index (χ2n) is 7.31. The molecule has 5 nitrogen and oxygen atoms in total. The molecule has 0 saturated carbocycles. The number of piperidine rings is 1. The molecule has 4 rings (SSSR count). The Morgan fingerprint density at radius 3 is 2.44 bits per heavy atom. The van der Waals surface area contributed by atoms with Crippen molar-refractivity contribution in [2.75, 3.05) is 26.2 Å². The summed E-state index contributed by atoms with van der Waals surface area (Å²) in [6.45, 7) is 4.25. The Bertz CT molecular complexity index is 760. The van der Waals surface area contributed by atoms with Crippen molar-refractivity contribution in [2.24, 2.45) is 0 Å². The first kappa shape index (κ1) is 18.0. The highest BCUT2D eigenvalue weighted by Gasteiger charge is 2.26. The van der Waals surface area contributed by atoms with Crippen molar-refractivity contribution in [3.05, 3.63) is 53.7 Å². The predicted molar refractivity (Wildman–Crippen MR) is 99.2 cm³/mol. The standard InChI is InChI=1S/C21H25FN2O3/c22-16-3-5-17(6-4-16)26-18-9-13-24(14-10-18)21(25)20-8-7-19(27-20)15-23-11-1-2-12-23/h3-8,18H,1-2,9-15H2. The lowest BCUT2D eigenvalue weighted by Gasteiger charge is -2.31. The first-order chi connectivity index (χ1) is 13.2. The number of amides is 1. The summed E-state index contributed by atoms with van der Waals surface area (Å²) in [5, 5.41) is 0. The molecule has 2 aromatic rings. The van der Waals surface area contributed by atoms with E-state index in [2.05, 4.69) is 4.90 Å². The molecular formula is C21H25FN2O3. The number of carbonyl (C=O) groups is 1. The van der Waals surface area contributed by atoms with E-state index in [9.17, 15) is 9.18 Å². The molecular weight excluding hydrogens is 347 g/mol. The molecule has 144 valence electrons. The van der Waals surface area contributed by atoms with E-state index in [-0.39, 0.29) is 17.8 Å². The first-order valence-corrected chi connectivity index (χ1v) is 9.70. The summed E-state index contributed by atoms with van der Waals surface area (Å²) >= 11 is 0. The Kier molecular flexibility index (Phi) is 5.43. The molecule has 2 aliphatic rings. The molecule has 0 atom stereocenters. The van der Waals surface area contributed by atoms with E-state index < -0.39 is 0 Å². The van der Waals surface area contributed by atoms with Crippen LogP contribution in [0, 0.1) is 5.82 Å². The number of likely N-dealkylation sites (tertiary alicyclic amines) is 2. The molecule has 0 aliphatic carbocycles. The van der Waals surface area contributed by atoms with Gasteiger partial charge >= 0.3 is 0 Å². The van der Waals surface area contributed by atoms with Gasteiger partial charge in [0.25, 0.3) is 5.91 Å². The molecule has 1 aromatic carbocycles. The Morgan fingerprint density at radius 2 is 1.74 bits per heavy atom. The summed E-state index contributed by atoms with van der Waals surface area (Å²) < 4.78 is 24.7. The van der Waals surface area contributed by atoms with Crippen molar-refractivity contribution in [1.29, 1.82) is 0 Å². The van der Waals surface area contributed by atoms with Gasteiger partial charge in [0.05, 0.1) is 6.54 Å². The summed E-state index contributed by atoms with van der Waals surface area (Å²) in [5.74, 6) is 1.61. The average Bonchev–Trinajstić information content (AvgIpc) is 3.36. The maximum Gasteiger partial charge on any atom is 0.289 e. The fraction of sp³-hybridized carbons (Fsp3) is 0.476. The van der Waals surface area contributed by atoms with Crippen molar-refractivity contribution < 1.29 is 18.3 Å². The average molecular weight is 372 g/mol. The third kappa shape index (κ3) is 4.50. The van der Waals surface area contributed by atoms with Crippen molar-refractivity contribution in [2.45, 2.75) is 38.3 Å². The Labute approximate surface area is 158 Å². The number of ether oxygens (including phenoxy) is 1. The van der Waals surface area contributed by atoms with Crippen LogP contribution in [0.15, 0.2) is 40.8 Å². The van der Waals surface area contributed by atoms with E-state index in [1.165, 1.54) is 25.0 Å². The SMILES string of the molecule is O=C(c1ccc(CN2CCCC2)o1)N1CCC(Oc2ccc(F)cc2)CC1. The second-order valence-corrected chi connectivity index (χ2v) is 7.31. The second kappa shape index (κ2) is 8.13. The molecule has 2 saturated heterocycles. The monoisotopic (exact) mass is 372 g/mol. The van der Waals surface area contributed by atoms with Crippen LogP contribution in [0.1, 0.15) is 42.0 Å². The van der Waals surface area contributed by atoms with Crippen LogP contribution in [0.4, 0.5) is 4.39 Å². The molecule has 0 radical (unpaired) electrons. The van der Waals surface area contributed by atoms with Crippen LogP contribution in [-0.2, 0) is 6.54 Å². The van der Waals surface area contributed by atoms with Gasteiger partial charge in [0.1, 0.15) is 23.4 Å². The van der Waals surface area contributed by atoms with Crippen LogP contribution in [-0.4, -0.2) is 48.0 Å². The zero-order chi connectivity index (χ0) is 18.6. The molecule has 1 amide bonds. The van der Waals surface area contributed by atoms with Gasteiger partial charge in [0.15, 0.2) is 5.76 Å². The fourth-order valence-corrected chi connectivity index (χ4v) is 3.78. The number of furan rings is 1. The highest BCUT2D eigenvalue weighted by atomic mass is 19.1. The zero-order valence-electron chi connectivity index (χ0n) is 15.4. The van der Waals surface area contributed by atoms with Gasteiger partial charge in [-0.25, -0.2) is 4.39 Å². The minimum atomic E-state index is -0.273. The fourth-order valence-electron chi connectivity index (χ4n) is 3.78. The van der Waals surface area contributed by atoms with Crippen LogP contribution in [0.3, 0.4) is 0 Å². The summed E-state index contributed by atoms with van der Waals surface area (Å²) in [5.41, 5.74) is 0. The lowest BCUT2D eigenvalue weighted by molar-refractivity contribution is 0.0563. The summed E-state index contributed by atoms with van der Waals surface area (Å²) in [6, 6.07) is 9.76. The van der Waals surface area contributed by atoms with E-state index in [0.29, 0.717) is 24.6 Å². The van der Waals surface area contributed by atoms with Gasteiger partial charge in [0.2, 0.25) is 0 Å². The predicted octanol–water partition coefficient (Wildman–Crippen LogP) is 3.70. The van der Waals surface area contributed by atoms with Crippen LogP contribution >= 0.6 is 0 Å². The Morgan fingerprint density at radius 1 is 1.04 bits per heavy atom. The molecule has 0 unspecified atom stereocenters. The number of benzene rings is 1. The number of hydrogen-bond donors (Lipinski definition) is 0. The molecule has 27 heavy (non-hydrogen) atoms. The molecule has 2 aliphatic heterocycles. The lowest BCUT2D eigenvalue weighted by atomic mass is 10.1. The van der Waals surface area contributed by atoms with Crippen LogP contribution in [0.25, 0.3) is 0 Å². The van der Waals surface area contributed by atoms with Gasteiger partial charge in [-0.1, -0.05) is 0 Å². The quantitative estimate of drug-likeness (QED) is 0.803. The van der Waals surface area contributed by atoms with Gasteiger partial charge in [-0.3, -0.25) is 9.69 Å². The Hall–Kier alpha value is -2.34. The van der Waals surface area contributed by atoms with Crippen molar-refractivity contribution in [3.63, 3.8) is 0 Å². The topological polar surface area (TPSA) is 45.9 Å². The minimum Gasteiger partial charge on any atom is -0.490 e. The van der Waals surface area contributed by atoms with Crippen molar-refractivity contribution in [3.8, 4) is 5.75 Å². The zero-order valence-corrected chi connectivity index (χ0v) is 15.4. The van der Waals surface area contributed by atoms with Gasteiger partial charge < -0.3 is 14.1 Å². The van der Waals surface area contributed by atoms with E-state index in [1.54, 1.807) is 18.2 Å². The van der Waals surface area contributed by atoms with Crippen LogP contribution < -0.4 is 4.74 Å². The van der Waals surface area contributed by atoms with E-state index >= 15 is 0 Å². The molecule has 0 N–H and O–H groups in total. The first-order valence-electron chi connectivity index (χ1n) is 9.70. The molecule has 1 aromatic heterocycles. The summed E-state index contributed by atoms with van der Waals surface area (Å²) in [6.07, 6.45) is 4.03. The number of rotatable bonds is 5. The smallest absolute Gasteiger partial charge is 0.289 e. The third-order valence-electron chi connectivity index (χ3n) is 5.30. The lowest BCUT2D eigenvalue weighted by Crippen LogP contribution is -2.41. The molecule has 3 heterocycles. The third-order valence-corrected chi connectivity index (χ3v) is 5.30. The van der Waals surface area contributed by atoms with Crippen LogP contribution in [0.2, 0.25) is 0 Å². The van der Waals surface area contributed by atoms with Gasteiger partial charge in [-0.2, -0.15) is 0 Å². The van der Waals surface area contributed by atoms with Crippen LogP contribution in [0.5, 0.6) is 5.75 Å². The molecule has 2 fully saturated rings. The summed E-state index contributed by atoms with van der Waals surface area (Å²) in [4.78, 5) is 16.9. The highest BCUT2D eigenvalue weighted by molar-refractivity contribution is 5.91. The van der Waals surface area contributed by atoms with Gasteiger partial charge in [-0.05, 0) is 62.3 Å². The number of nitrogens with zero attached hydrogens (tertiary/aromatic N) is 2. The van der Waals surface area contributed by atoms with E-state index in [0.717, 1.165) is 38.2 Å².